The fraction of sp³-hybridized carbons (Fsp3) is 0.600. The van der Waals surface area contributed by atoms with Gasteiger partial charge in [0.15, 0.2) is 0 Å². The van der Waals surface area contributed by atoms with E-state index in [0.29, 0.717) is 19.4 Å². The Hall–Kier alpha value is -2.18. The lowest BCUT2D eigenvalue weighted by atomic mass is 10.00. The van der Waals surface area contributed by atoms with Gasteiger partial charge < -0.3 is 10.1 Å². The summed E-state index contributed by atoms with van der Waals surface area (Å²) in [5.74, 6) is 0.933. The monoisotopic (exact) mass is 422 g/mol. The summed E-state index contributed by atoms with van der Waals surface area (Å²) in [5, 5.41) is 7.98. The van der Waals surface area contributed by atoms with Crippen LogP contribution in [0.4, 0.5) is 0 Å². The van der Waals surface area contributed by atoms with E-state index in [1.54, 1.807) is 0 Å². The molecule has 6 nitrogen and oxygen atoms in total. The highest BCUT2D eigenvalue weighted by Crippen LogP contribution is 2.32. The third kappa shape index (κ3) is 5.18. The van der Waals surface area contributed by atoms with Crippen molar-refractivity contribution in [3.05, 3.63) is 52.3 Å². The number of ether oxygens (including phenoxy) is 1. The highest BCUT2D eigenvalue weighted by atomic mass is 16.5. The number of benzene rings is 1. The number of nitrogens with zero attached hydrogens (tertiary/aromatic N) is 3. The number of hydrogen-bond donors (Lipinski definition) is 1. The van der Waals surface area contributed by atoms with E-state index >= 15 is 0 Å². The molecule has 0 unspecified atom stereocenters. The lowest BCUT2D eigenvalue weighted by molar-refractivity contribution is -0.121. The van der Waals surface area contributed by atoms with Crippen LogP contribution in [0.1, 0.15) is 53.8 Å². The van der Waals surface area contributed by atoms with Crippen LogP contribution in [-0.2, 0) is 48.5 Å². The average Bonchev–Trinajstić information content (AvgIpc) is 3.56. The van der Waals surface area contributed by atoms with E-state index in [4.69, 9.17) is 9.84 Å². The topological polar surface area (TPSA) is 59.4 Å². The molecule has 3 heterocycles. The van der Waals surface area contributed by atoms with Crippen LogP contribution in [0.2, 0.25) is 0 Å². The molecule has 1 aromatic heterocycles. The van der Waals surface area contributed by atoms with Gasteiger partial charge in [0.1, 0.15) is 0 Å². The van der Waals surface area contributed by atoms with E-state index in [9.17, 15) is 4.79 Å². The van der Waals surface area contributed by atoms with Gasteiger partial charge in [-0.15, -0.1) is 0 Å². The largest absolute Gasteiger partial charge is 0.376 e. The van der Waals surface area contributed by atoms with Crippen molar-refractivity contribution in [3.8, 4) is 0 Å². The van der Waals surface area contributed by atoms with Crippen LogP contribution in [-0.4, -0.2) is 46.8 Å². The molecular formula is C25H34N4O2. The van der Waals surface area contributed by atoms with Crippen molar-refractivity contribution >= 4 is 5.91 Å². The maximum absolute atomic E-state index is 12.4. The van der Waals surface area contributed by atoms with Crippen molar-refractivity contribution in [3.63, 3.8) is 0 Å². The first-order valence-corrected chi connectivity index (χ1v) is 12.0. The third-order valence-electron chi connectivity index (χ3n) is 6.88. The van der Waals surface area contributed by atoms with Crippen LogP contribution < -0.4 is 5.32 Å². The Bertz CT molecular complexity index is 918. The summed E-state index contributed by atoms with van der Waals surface area (Å²) in [4.78, 5) is 14.9. The number of aromatic nitrogens is 2. The van der Waals surface area contributed by atoms with E-state index in [1.807, 2.05) is 0 Å². The minimum absolute atomic E-state index is 0.131. The summed E-state index contributed by atoms with van der Waals surface area (Å²) in [6.07, 6.45) is 6.93. The van der Waals surface area contributed by atoms with Gasteiger partial charge in [0.25, 0.3) is 0 Å². The Morgan fingerprint density at radius 1 is 1.19 bits per heavy atom. The van der Waals surface area contributed by atoms with Crippen molar-refractivity contribution in [1.29, 1.82) is 0 Å². The molecule has 1 N–H and O–H groups in total. The van der Waals surface area contributed by atoms with Gasteiger partial charge in [-0.2, -0.15) is 5.10 Å². The van der Waals surface area contributed by atoms with Gasteiger partial charge in [0.2, 0.25) is 5.91 Å². The first-order chi connectivity index (χ1) is 15.3. The zero-order valence-corrected chi connectivity index (χ0v) is 18.4. The standard InChI is InChI=1S/C25H34N4O2/c30-25(26-12-3-13-28-14-10-20-4-1-2-5-21(20)17-28)9-8-23-22-18-31-15-11-24(22)29(27-23)16-19-6-7-19/h1-2,4-5,19H,3,6-18H2,(H,26,30). The zero-order chi connectivity index (χ0) is 21.0. The van der Waals surface area contributed by atoms with Crippen molar-refractivity contribution in [2.45, 2.75) is 64.6 Å². The van der Waals surface area contributed by atoms with Gasteiger partial charge in [-0.1, -0.05) is 24.3 Å². The van der Waals surface area contributed by atoms with E-state index in [0.717, 1.165) is 70.2 Å². The summed E-state index contributed by atoms with van der Waals surface area (Å²) < 4.78 is 7.89. The molecule has 6 heteroatoms. The predicted octanol–water partition coefficient (Wildman–Crippen LogP) is 2.86. The van der Waals surface area contributed by atoms with Crippen molar-refractivity contribution in [1.82, 2.24) is 20.0 Å². The maximum atomic E-state index is 12.4. The molecule has 0 spiro atoms. The van der Waals surface area contributed by atoms with Crippen molar-refractivity contribution < 1.29 is 9.53 Å². The first kappa shape index (κ1) is 20.7. The quantitative estimate of drug-likeness (QED) is 0.632. The average molecular weight is 423 g/mol. The zero-order valence-electron chi connectivity index (χ0n) is 18.4. The number of rotatable bonds is 9. The number of carbonyl (C=O) groups excluding carboxylic acids is 1. The molecule has 1 amide bonds. The fourth-order valence-electron chi connectivity index (χ4n) is 4.87. The number of carbonyl (C=O) groups is 1. The van der Waals surface area contributed by atoms with Gasteiger partial charge in [-0.05, 0) is 42.7 Å². The Kier molecular flexibility index (Phi) is 6.37. The molecule has 166 valence electrons. The molecule has 3 aliphatic rings. The molecule has 2 aromatic rings. The molecule has 2 aliphatic heterocycles. The fourth-order valence-corrected chi connectivity index (χ4v) is 4.87. The number of amides is 1. The maximum Gasteiger partial charge on any atom is 0.220 e. The highest BCUT2D eigenvalue weighted by molar-refractivity contribution is 5.76. The first-order valence-electron chi connectivity index (χ1n) is 12.0. The molecule has 0 radical (unpaired) electrons. The van der Waals surface area contributed by atoms with Crippen LogP contribution in [0.15, 0.2) is 24.3 Å². The molecule has 1 saturated carbocycles. The van der Waals surface area contributed by atoms with Crippen LogP contribution in [0.25, 0.3) is 0 Å². The molecule has 1 aromatic carbocycles. The Morgan fingerprint density at radius 3 is 2.94 bits per heavy atom. The number of fused-ring (bicyclic) bond motifs is 2. The Labute approximate surface area is 185 Å². The second-order valence-electron chi connectivity index (χ2n) is 9.30. The van der Waals surface area contributed by atoms with Crippen molar-refractivity contribution in [2.75, 3.05) is 26.2 Å². The molecule has 5 rings (SSSR count). The van der Waals surface area contributed by atoms with E-state index in [1.165, 1.54) is 35.2 Å². The van der Waals surface area contributed by atoms with Gasteiger partial charge in [0.05, 0.1) is 18.9 Å². The number of hydrogen-bond acceptors (Lipinski definition) is 4. The molecule has 1 fully saturated rings. The molecule has 31 heavy (non-hydrogen) atoms. The lowest BCUT2D eigenvalue weighted by Crippen LogP contribution is -2.33. The minimum atomic E-state index is 0.131. The third-order valence-corrected chi connectivity index (χ3v) is 6.88. The van der Waals surface area contributed by atoms with Crippen LogP contribution in [0, 0.1) is 5.92 Å². The van der Waals surface area contributed by atoms with Gasteiger partial charge in [0, 0.05) is 63.2 Å². The second-order valence-corrected chi connectivity index (χ2v) is 9.30. The SMILES string of the molecule is O=C(CCc1nn(CC2CC2)c2c1COCC2)NCCCN1CCc2ccccc2C1. The number of aryl methyl sites for hydroxylation is 1. The number of nitrogens with one attached hydrogen (secondary N) is 1. The minimum Gasteiger partial charge on any atom is -0.376 e. The highest BCUT2D eigenvalue weighted by Gasteiger charge is 2.27. The molecule has 0 saturated heterocycles. The van der Waals surface area contributed by atoms with Crippen LogP contribution >= 0.6 is 0 Å². The molecule has 1 aliphatic carbocycles. The lowest BCUT2D eigenvalue weighted by Gasteiger charge is -2.28. The Morgan fingerprint density at radius 2 is 2.06 bits per heavy atom. The van der Waals surface area contributed by atoms with Crippen molar-refractivity contribution in [2.24, 2.45) is 5.92 Å². The van der Waals surface area contributed by atoms with Crippen LogP contribution in [0.3, 0.4) is 0 Å². The molecular weight excluding hydrogens is 388 g/mol. The smallest absolute Gasteiger partial charge is 0.220 e. The Balaban J connectivity index is 1.05. The van der Waals surface area contributed by atoms with E-state index in [-0.39, 0.29) is 5.91 Å². The summed E-state index contributed by atoms with van der Waals surface area (Å²) in [7, 11) is 0. The van der Waals surface area contributed by atoms with Gasteiger partial charge in [-0.25, -0.2) is 0 Å². The van der Waals surface area contributed by atoms with E-state index in [2.05, 4.69) is 39.2 Å². The summed E-state index contributed by atoms with van der Waals surface area (Å²) >= 11 is 0. The van der Waals surface area contributed by atoms with Crippen LogP contribution in [0.5, 0.6) is 0 Å². The normalized spacial score (nSPS) is 18.5. The van der Waals surface area contributed by atoms with Gasteiger partial charge in [-0.3, -0.25) is 14.4 Å². The molecule has 0 bridgehead atoms. The molecule has 0 atom stereocenters. The summed E-state index contributed by atoms with van der Waals surface area (Å²) in [5.41, 5.74) is 6.59. The second kappa shape index (κ2) is 9.53. The van der Waals surface area contributed by atoms with E-state index < -0.39 is 0 Å². The summed E-state index contributed by atoms with van der Waals surface area (Å²) in [6.45, 7) is 6.39. The summed E-state index contributed by atoms with van der Waals surface area (Å²) in [6, 6.07) is 8.73. The van der Waals surface area contributed by atoms with Gasteiger partial charge >= 0.3 is 0 Å². The predicted molar refractivity (Wildman–Crippen MR) is 120 cm³/mol.